The van der Waals surface area contributed by atoms with Gasteiger partial charge in [0.15, 0.2) is 12.2 Å². The summed E-state index contributed by atoms with van der Waals surface area (Å²) in [4.78, 5) is 73.0. The van der Waals surface area contributed by atoms with E-state index in [2.05, 4.69) is 27.7 Å². The lowest BCUT2D eigenvalue weighted by atomic mass is 10.0. The number of rotatable bonds is 80. The predicted octanol–water partition coefficient (Wildman–Crippen LogP) is 23.8. The van der Waals surface area contributed by atoms with Crippen LogP contribution in [0.4, 0.5) is 0 Å². The molecule has 5 atom stereocenters. The van der Waals surface area contributed by atoms with Gasteiger partial charge in [0.2, 0.25) is 0 Å². The molecule has 0 amide bonds. The lowest BCUT2D eigenvalue weighted by Gasteiger charge is -2.21. The van der Waals surface area contributed by atoms with Gasteiger partial charge in [-0.05, 0) is 25.7 Å². The summed E-state index contributed by atoms with van der Waals surface area (Å²) in [6.07, 6.45) is 65.0. The second-order valence-corrected chi connectivity index (χ2v) is 31.4. The van der Waals surface area contributed by atoms with Gasteiger partial charge in [-0.25, -0.2) is 9.13 Å². The van der Waals surface area contributed by atoms with Crippen molar-refractivity contribution in [3.63, 3.8) is 0 Å². The first-order valence-electron chi connectivity index (χ1n) is 41.3. The third kappa shape index (κ3) is 72.4. The van der Waals surface area contributed by atoms with Gasteiger partial charge in [-0.3, -0.25) is 37.3 Å². The van der Waals surface area contributed by atoms with E-state index in [-0.39, 0.29) is 25.7 Å². The van der Waals surface area contributed by atoms with Crippen LogP contribution < -0.4 is 0 Å². The van der Waals surface area contributed by atoms with Crippen molar-refractivity contribution in [2.75, 3.05) is 39.6 Å². The van der Waals surface area contributed by atoms with Gasteiger partial charge in [-0.1, -0.05) is 374 Å². The molecule has 2 unspecified atom stereocenters. The van der Waals surface area contributed by atoms with Crippen molar-refractivity contribution in [2.24, 2.45) is 0 Å². The summed E-state index contributed by atoms with van der Waals surface area (Å²) < 4.78 is 68.7. The van der Waals surface area contributed by atoms with Gasteiger partial charge in [-0.2, -0.15) is 0 Å². The largest absolute Gasteiger partial charge is 0.472 e. The van der Waals surface area contributed by atoms with Crippen LogP contribution in [0.15, 0.2) is 0 Å². The molecule has 0 rings (SSSR count). The maximum atomic E-state index is 13.1. The number of aliphatic hydroxyl groups excluding tert-OH is 1. The molecular formula is C79H154O17P2. The molecule has 0 spiro atoms. The minimum absolute atomic E-state index is 0.109. The molecule has 17 nitrogen and oxygen atoms in total. The molecule has 0 heterocycles. The van der Waals surface area contributed by atoms with Crippen LogP contribution in [0.25, 0.3) is 0 Å². The fourth-order valence-corrected chi connectivity index (χ4v) is 13.9. The highest BCUT2D eigenvalue weighted by Gasteiger charge is 2.30. The number of aliphatic hydroxyl groups is 1. The molecule has 0 aliphatic carbocycles. The SMILES string of the molecule is CCCCCCCCCCCCCCCCCCCC(=O)OC[C@H](COP(=O)(O)OC[C@@H](O)COP(=O)(O)OC[C@@H](COC(=O)CCCCCCCCCCCCCCC)OC(=O)CCCCCCCCCCCCCCCCC)OC(=O)CCCCCCCCCCCCCCC. The van der Waals surface area contributed by atoms with E-state index in [1.807, 2.05) is 0 Å². The molecule has 0 radical (unpaired) electrons. The van der Waals surface area contributed by atoms with Crippen molar-refractivity contribution in [2.45, 2.75) is 444 Å². The normalized spacial score (nSPS) is 13.8. The summed E-state index contributed by atoms with van der Waals surface area (Å²) >= 11 is 0. The van der Waals surface area contributed by atoms with Crippen molar-refractivity contribution in [1.82, 2.24) is 0 Å². The fourth-order valence-electron chi connectivity index (χ4n) is 12.3. The van der Waals surface area contributed by atoms with Crippen molar-refractivity contribution in [3.8, 4) is 0 Å². The molecule has 19 heteroatoms. The Bertz CT molecular complexity index is 1860. The van der Waals surface area contributed by atoms with Crippen molar-refractivity contribution >= 4 is 39.5 Å². The molecular weight excluding hydrogens is 1280 g/mol. The number of unbranched alkanes of at least 4 members (excludes halogenated alkanes) is 54. The van der Waals surface area contributed by atoms with Gasteiger partial charge in [0.25, 0.3) is 0 Å². The molecule has 0 fully saturated rings. The number of phosphoric acid groups is 2. The lowest BCUT2D eigenvalue weighted by molar-refractivity contribution is -0.161. The Balaban J connectivity index is 5.24. The second-order valence-electron chi connectivity index (χ2n) is 28.5. The Hall–Kier alpha value is -1.94. The molecule has 582 valence electrons. The quantitative estimate of drug-likeness (QED) is 0.0222. The average Bonchev–Trinajstić information content (AvgIpc) is 0.962. The van der Waals surface area contributed by atoms with Crippen LogP contribution in [-0.4, -0.2) is 96.7 Å². The molecule has 0 aromatic rings. The number of carbonyl (C=O) groups excluding carboxylic acids is 4. The molecule has 0 aromatic carbocycles. The van der Waals surface area contributed by atoms with Gasteiger partial charge in [0.1, 0.15) is 19.3 Å². The third-order valence-electron chi connectivity index (χ3n) is 18.6. The minimum atomic E-state index is -4.96. The van der Waals surface area contributed by atoms with E-state index >= 15 is 0 Å². The summed E-state index contributed by atoms with van der Waals surface area (Å²) in [5, 5.41) is 10.6. The smallest absolute Gasteiger partial charge is 0.462 e. The van der Waals surface area contributed by atoms with Gasteiger partial charge >= 0.3 is 39.5 Å². The first-order valence-corrected chi connectivity index (χ1v) is 44.3. The Labute approximate surface area is 600 Å². The highest BCUT2D eigenvalue weighted by Crippen LogP contribution is 2.45. The molecule has 3 N–H and O–H groups in total. The van der Waals surface area contributed by atoms with Crippen LogP contribution >= 0.6 is 15.6 Å². The van der Waals surface area contributed by atoms with Gasteiger partial charge in [0.05, 0.1) is 26.4 Å². The van der Waals surface area contributed by atoms with E-state index in [4.69, 9.17) is 37.0 Å². The van der Waals surface area contributed by atoms with E-state index in [0.717, 1.165) is 89.9 Å². The number of hydrogen-bond donors (Lipinski definition) is 3. The van der Waals surface area contributed by atoms with Crippen LogP contribution in [-0.2, 0) is 65.4 Å². The van der Waals surface area contributed by atoms with E-state index < -0.39 is 97.5 Å². The number of carbonyl (C=O) groups is 4. The van der Waals surface area contributed by atoms with E-state index in [1.165, 1.54) is 257 Å². The van der Waals surface area contributed by atoms with Gasteiger partial charge < -0.3 is 33.8 Å². The average molecular weight is 1440 g/mol. The topological polar surface area (TPSA) is 237 Å². The number of hydrogen-bond acceptors (Lipinski definition) is 15. The minimum Gasteiger partial charge on any atom is -0.462 e. The summed E-state index contributed by atoms with van der Waals surface area (Å²) in [7, 11) is -9.91. The van der Waals surface area contributed by atoms with E-state index in [1.54, 1.807) is 0 Å². The number of ether oxygens (including phenoxy) is 4. The Kier molecular flexibility index (Phi) is 71.9. The number of phosphoric ester groups is 2. The monoisotopic (exact) mass is 1440 g/mol. The van der Waals surface area contributed by atoms with Crippen molar-refractivity contribution in [3.05, 3.63) is 0 Å². The highest BCUT2D eigenvalue weighted by molar-refractivity contribution is 7.47. The van der Waals surface area contributed by atoms with Crippen LogP contribution in [0, 0.1) is 0 Å². The zero-order chi connectivity index (χ0) is 71.8. The zero-order valence-corrected chi connectivity index (χ0v) is 65.6. The molecule has 0 aromatic heterocycles. The van der Waals surface area contributed by atoms with Crippen LogP contribution in [0.3, 0.4) is 0 Å². The lowest BCUT2D eigenvalue weighted by Crippen LogP contribution is -2.30. The van der Waals surface area contributed by atoms with Crippen LogP contribution in [0.2, 0.25) is 0 Å². The molecule has 98 heavy (non-hydrogen) atoms. The molecule has 0 saturated heterocycles. The summed E-state index contributed by atoms with van der Waals surface area (Å²) in [6.45, 7) is 5.03. The second kappa shape index (κ2) is 73.4. The van der Waals surface area contributed by atoms with Gasteiger partial charge in [-0.15, -0.1) is 0 Å². The molecule has 0 aliphatic rings. The van der Waals surface area contributed by atoms with Crippen molar-refractivity contribution < 1.29 is 80.2 Å². The summed E-state index contributed by atoms with van der Waals surface area (Å²) in [5.74, 6) is -2.10. The Morgan fingerprint density at radius 1 is 0.245 bits per heavy atom. The Morgan fingerprint density at radius 3 is 0.602 bits per heavy atom. The van der Waals surface area contributed by atoms with E-state index in [9.17, 15) is 43.2 Å². The number of esters is 4. The third-order valence-corrected chi connectivity index (χ3v) is 20.5. The fraction of sp³-hybridized carbons (Fsp3) is 0.949. The summed E-state index contributed by atoms with van der Waals surface area (Å²) in [6, 6.07) is 0. The molecule has 0 bridgehead atoms. The van der Waals surface area contributed by atoms with Crippen LogP contribution in [0.1, 0.15) is 426 Å². The maximum absolute atomic E-state index is 13.1. The molecule has 0 saturated carbocycles. The first-order chi connectivity index (χ1) is 47.7. The first kappa shape index (κ1) is 96.1. The summed E-state index contributed by atoms with van der Waals surface area (Å²) in [5.41, 5.74) is 0. The van der Waals surface area contributed by atoms with Crippen molar-refractivity contribution in [1.29, 1.82) is 0 Å². The molecule has 0 aliphatic heterocycles. The van der Waals surface area contributed by atoms with E-state index in [0.29, 0.717) is 25.7 Å². The Morgan fingerprint density at radius 2 is 0.408 bits per heavy atom. The highest BCUT2D eigenvalue weighted by atomic mass is 31.2. The predicted molar refractivity (Wildman–Crippen MR) is 400 cm³/mol. The zero-order valence-electron chi connectivity index (χ0n) is 63.8. The maximum Gasteiger partial charge on any atom is 0.472 e. The van der Waals surface area contributed by atoms with Gasteiger partial charge in [0, 0.05) is 25.7 Å². The van der Waals surface area contributed by atoms with Crippen LogP contribution in [0.5, 0.6) is 0 Å². The standard InChI is InChI=1S/C79H154O17P2/c1-5-9-13-17-21-25-29-33-35-36-38-41-44-48-52-56-60-64-77(82)90-70-74(95-78(83)65-61-57-53-49-45-40-32-28-24-20-16-12-8-4)71-93-97(85,86)91-67-73(80)68-92-98(87,88)94-72-75(69-89-76(81)63-59-55-51-47-43-39-31-27-23-19-15-11-7-3)96-79(84)66-62-58-54-50-46-42-37-34-30-26-22-18-14-10-6-2/h73-75,80H,5-72H2,1-4H3,(H,85,86)(H,87,88)/t73-,74-,75-/m1/s1.